The standard InChI is InChI=1S/C11H15N3O3/c1-7-12-9(17-13-7)11(10(15)16)6-8-2-4-14(11)5-3-8/h8H,2-6H2,1H3,(H,15,16). The molecule has 3 aliphatic rings. The Balaban J connectivity index is 2.07. The van der Waals surface area contributed by atoms with Crippen LogP contribution in [0, 0.1) is 12.8 Å². The van der Waals surface area contributed by atoms with Crippen molar-refractivity contribution in [3.8, 4) is 0 Å². The summed E-state index contributed by atoms with van der Waals surface area (Å²) in [5.74, 6) is 0.323. The lowest BCUT2D eigenvalue weighted by atomic mass is 9.74. The monoisotopic (exact) mass is 237 g/mol. The summed E-state index contributed by atoms with van der Waals surface area (Å²) in [5, 5.41) is 13.3. The van der Waals surface area contributed by atoms with Gasteiger partial charge >= 0.3 is 5.97 Å². The number of piperidine rings is 3. The average Bonchev–Trinajstić information content (AvgIpc) is 2.77. The van der Waals surface area contributed by atoms with Gasteiger partial charge in [-0.05, 0) is 45.2 Å². The summed E-state index contributed by atoms with van der Waals surface area (Å²) in [6, 6.07) is 0. The maximum atomic E-state index is 11.7. The van der Waals surface area contributed by atoms with Crippen molar-refractivity contribution < 1.29 is 14.4 Å². The van der Waals surface area contributed by atoms with E-state index in [0.29, 0.717) is 18.2 Å². The van der Waals surface area contributed by atoms with Gasteiger partial charge < -0.3 is 9.63 Å². The van der Waals surface area contributed by atoms with Crippen LogP contribution in [0.1, 0.15) is 31.0 Å². The Kier molecular flexibility index (Phi) is 2.22. The number of fused-ring (bicyclic) bond motifs is 3. The lowest BCUT2D eigenvalue weighted by Gasteiger charge is -2.49. The van der Waals surface area contributed by atoms with Crippen molar-refractivity contribution >= 4 is 5.97 Å². The molecule has 6 nitrogen and oxygen atoms in total. The van der Waals surface area contributed by atoms with Gasteiger partial charge in [0.05, 0.1) is 0 Å². The second-order valence-corrected chi connectivity index (χ2v) is 4.95. The van der Waals surface area contributed by atoms with Crippen LogP contribution in [0.15, 0.2) is 4.52 Å². The van der Waals surface area contributed by atoms with Crippen molar-refractivity contribution in [2.24, 2.45) is 5.92 Å². The van der Waals surface area contributed by atoms with Crippen LogP contribution in [0.5, 0.6) is 0 Å². The van der Waals surface area contributed by atoms with Gasteiger partial charge in [0.1, 0.15) is 0 Å². The molecule has 3 saturated heterocycles. The molecule has 17 heavy (non-hydrogen) atoms. The molecule has 1 aromatic rings. The van der Waals surface area contributed by atoms with Gasteiger partial charge in [-0.15, -0.1) is 0 Å². The van der Waals surface area contributed by atoms with Crippen LogP contribution in [0.25, 0.3) is 0 Å². The molecule has 0 saturated carbocycles. The predicted octanol–water partition coefficient (Wildman–Crippen LogP) is 0.774. The SMILES string of the molecule is Cc1noc(C2(C(=O)O)CC3CCN2CC3)n1. The summed E-state index contributed by atoms with van der Waals surface area (Å²) < 4.78 is 5.14. The van der Waals surface area contributed by atoms with Crippen molar-refractivity contribution in [2.75, 3.05) is 13.1 Å². The fraction of sp³-hybridized carbons (Fsp3) is 0.727. The van der Waals surface area contributed by atoms with E-state index in [4.69, 9.17) is 4.52 Å². The van der Waals surface area contributed by atoms with Gasteiger partial charge in [-0.3, -0.25) is 4.90 Å². The largest absolute Gasteiger partial charge is 0.479 e. The summed E-state index contributed by atoms with van der Waals surface area (Å²) in [6.07, 6.45) is 2.73. The van der Waals surface area contributed by atoms with Crippen molar-refractivity contribution in [1.82, 2.24) is 15.0 Å². The Morgan fingerprint density at radius 1 is 1.53 bits per heavy atom. The molecule has 0 aliphatic carbocycles. The fourth-order valence-electron chi connectivity index (χ4n) is 3.07. The van der Waals surface area contributed by atoms with E-state index in [-0.39, 0.29) is 5.89 Å². The zero-order valence-electron chi connectivity index (χ0n) is 9.72. The van der Waals surface area contributed by atoms with Crippen LogP contribution in [0.3, 0.4) is 0 Å². The van der Waals surface area contributed by atoms with Crippen LogP contribution >= 0.6 is 0 Å². The molecule has 1 unspecified atom stereocenters. The van der Waals surface area contributed by atoms with Gasteiger partial charge in [0.15, 0.2) is 11.4 Å². The summed E-state index contributed by atoms with van der Waals surface area (Å²) in [5.41, 5.74) is -1.08. The molecule has 0 spiro atoms. The summed E-state index contributed by atoms with van der Waals surface area (Å²) in [4.78, 5) is 17.8. The van der Waals surface area contributed by atoms with E-state index in [1.807, 2.05) is 4.90 Å². The van der Waals surface area contributed by atoms with E-state index < -0.39 is 11.5 Å². The van der Waals surface area contributed by atoms with Gasteiger partial charge in [-0.25, -0.2) is 4.79 Å². The first kappa shape index (κ1) is 10.7. The smallest absolute Gasteiger partial charge is 0.334 e. The van der Waals surface area contributed by atoms with E-state index in [1.54, 1.807) is 6.92 Å². The highest BCUT2D eigenvalue weighted by molar-refractivity contribution is 5.79. The zero-order chi connectivity index (χ0) is 12.0. The average molecular weight is 237 g/mol. The highest BCUT2D eigenvalue weighted by Crippen LogP contribution is 2.45. The Morgan fingerprint density at radius 2 is 2.24 bits per heavy atom. The first-order valence-corrected chi connectivity index (χ1v) is 5.92. The minimum absolute atomic E-state index is 0.243. The maximum absolute atomic E-state index is 11.7. The molecule has 1 N–H and O–H groups in total. The molecule has 3 aliphatic heterocycles. The minimum atomic E-state index is -1.08. The minimum Gasteiger partial charge on any atom is -0.479 e. The molecule has 0 aromatic carbocycles. The van der Waals surface area contributed by atoms with E-state index >= 15 is 0 Å². The third-order valence-electron chi connectivity index (χ3n) is 3.97. The van der Waals surface area contributed by atoms with Crippen molar-refractivity contribution in [3.63, 3.8) is 0 Å². The molecule has 0 amide bonds. The molecule has 4 rings (SSSR count). The Morgan fingerprint density at radius 3 is 2.65 bits per heavy atom. The highest BCUT2D eigenvalue weighted by atomic mass is 16.5. The van der Waals surface area contributed by atoms with Crippen LogP contribution in [0.4, 0.5) is 0 Å². The quantitative estimate of drug-likeness (QED) is 0.818. The van der Waals surface area contributed by atoms with Crippen LogP contribution in [-0.4, -0.2) is 39.2 Å². The third-order valence-corrected chi connectivity index (χ3v) is 3.97. The van der Waals surface area contributed by atoms with Crippen LogP contribution in [-0.2, 0) is 10.3 Å². The topological polar surface area (TPSA) is 79.5 Å². The number of carbonyl (C=O) groups is 1. The fourth-order valence-corrected chi connectivity index (χ4v) is 3.07. The number of aliphatic carboxylic acids is 1. The number of rotatable bonds is 2. The molecule has 6 heteroatoms. The molecule has 1 aromatic heterocycles. The molecular formula is C11H15N3O3. The highest BCUT2D eigenvalue weighted by Gasteiger charge is 2.56. The predicted molar refractivity (Wildman–Crippen MR) is 57.3 cm³/mol. The molecule has 3 fully saturated rings. The number of nitrogens with zero attached hydrogens (tertiary/aromatic N) is 3. The van der Waals surface area contributed by atoms with Gasteiger partial charge in [0, 0.05) is 0 Å². The van der Waals surface area contributed by atoms with Crippen molar-refractivity contribution in [1.29, 1.82) is 0 Å². The first-order valence-electron chi connectivity index (χ1n) is 5.92. The van der Waals surface area contributed by atoms with Crippen LogP contribution < -0.4 is 0 Å². The van der Waals surface area contributed by atoms with Gasteiger partial charge in [-0.1, -0.05) is 5.16 Å². The number of hydrogen-bond donors (Lipinski definition) is 1. The van der Waals surface area contributed by atoms with Gasteiger partial charge in [0.25, 0.3) is 5.89 Å². The summed E-state index contributed by atoms with van der Waals surface area (Å²) in [7, 11) is 0. The van der Waals surface area contributed by atoms with E-state index in [9.17, 15) is 9.90 Å². The van der Waals surface area contributed by atoms with Gasteiger partial charge in [0.2, 0.25) is 0 Å². The summed E-state index contributed by atoms with van der Waals surface area (Å²) >= 11 is 0. The molecular weight excluding hydrogens is 222 g/mol. The van der Waals surface area contributed by atoms with Crippen molar-refractivity contribution in [3.05, 3.63) is 11.7 Å². The maximum Gasteiger partial charge on any atom is 0.334 e. The Labute approximate surface area is 98.6 Å². The molecule has 2 bridgehead atoms. The van der Waals surface area contributed by atoms with E-state index in [1.165, 1.54) is 0 Å². The number of carboxylic acids is 1. The van der Waals surface area contributed by atoms with E-state index in [0.717, 1.165) is 25.9 Å². The lowest BCUT2D eigenvalue weighted by Crippen LogP contribution is -2.60. The lowest BCUT2D eigenvalue weighted by molar-refractivity contribution is -0.165. The van der Waals surface area contributed by atoms with Crippen molar-refractivity contribution in [2.45, 2.75) is 31.7 Å². The number of aromatic nitrogens is 2. The van der Waals surface area contributed by atoms with Gasteiger partial charge in [-0.2, -0.15) is 4.98 Å². The molecule has 92 valence electrons. The van der Waals surface area contributed by atoms with E-state index in [2.05, 4.69) is 10.1 Å². The second-order valence-electron chi connectivity index (χ2n) is 4.95. The Hall–Kier alpha value is -1.43. The number of aryl methyl sites for hydroxylation is 1. The van der Waals surface area contributed by atoms with Crippen LogP contribution in [0.2, 0.25) is 0 Å². The first-order chi connectivity index (χ1) is 8.13. The number of carboxylic acid groups (broad SMARTS) is 1. The molecule has 1 atom stereocenters. The zero-order valence-corrected chi connectivity index (χ0v) is 9.72. The number of hydrogen-bond acceptors (Lipinski definition) is 5. The third kappa shape index (κ3) is 1.40. The summed E-state index contributed by atoms with van der Waals surface area (Å²) in [6.45, 7) is 3.32. The molecule has 4 heterocycles. The normalized spacial score (nSPS) is 36.1. The Bertz CT molecular complexity index is 451. The second kappa shape index (κ2) is 3.53. The molecule has 0 radical (unpaired) electrons.